The summed E-state index contributed by atoms with van der Waals surface area (Å²) >= 11 is 0. The van der Waals surface area contributed by atoms with Crippen LogP contribution in [0.5, 0.6) is 0 Å². The maximum absolute atomic E-state index is 13.4. The number of carbonyl (C=O) groups is 1. The highest BCUT2D eigenvalue weighted by Gasteiger charge is 2.46. The molecule has 5 nitrogen and oxygen atoms in total. The maximum Gasteiger partial charge on any atom is 0.416 e. The molecule has 0 aromatic heterocycles. The molecule has 0 radical (unpaired) electrons. The summed E-state index contributed by atoms with van der Waals surface area (Å²) in [7, 11) is 0. The van der Waals surface area contributed by atoms with Crippen molar-refractivity contribution in [1.29, 1.82) is 0 Å². The van der Waals surface area contributed by atoms with Crippen molar-refractivity contribution < 1.29 is 27.8 Å². The van der Waals surface area contributed by atoms with Gasteiger partial charge >= 0.3 is 12.1 Å². The number of fused-ring (bicyclic) bond motifs is 2. The molecule has 3 aliphatic rings. The molecule has 5 rings (SSSR count). The van der Waals surface area contributed by atoms with Crippen LogP contribution in [0.4, 0.5) is 30.2 Å². The van der Waals surface area contributed by atoms with E-state index in [1.165, 1.54) is 6.07 Å². The quantitative estimate of drug-likeness (QED) is 0.778. The van der Waals surface area contributed by atoms with E-state index >= 15 is 0 Å². The van der Waals surface area contributed by atoms with Gasteiger partial charge < -0.3 is 19.6 Å². The molecule has 0 atom stereocenters. The van der Waals surface area contributed by atoms with Crippen molar-refractivity contribution in [2.45, 2.75) is 24.4 Å². The number of hydrogen-bond acceptors (Lipinski definition) is 4. The van der Waals surface area contributed by atoms with Crippen molar-refractivity contribution in [3.63, 3.8) is 0 Å². The smallest absolute Gasteiger partial charge is 0.416 e. The third kappa shape index (κ3) is 3.43. The third-order valence-corrected chi connectivity index (χ3v) is 6.83. The van der Waals surface area contributed by atoms with Gasteiger partial charge in [0.05, 0.1) is 11.5 Å². The SMILES string of the molecule is O=C(O)C1CN(c2cccc(N3CC4(CCOCC4)c4cc(C(F)(F)F)ccc43)c2)C1. The molecule has 31 heavy (non-hydrogen) atoms. The van der Waals surface area contributed by atoms with Gasteiger partial charge in [0, 0.05) is 55.3 Å². The van der Waals surface area contributed by atoms with Crippen LogP contribution in [0.1, 0.15) is 24.0 Å². The van der Waals surface area contributed by atoms with Crippen LogP contribution in [0.3, 0.4) is 0 Å². The Morgan fingerprint density at radius 3 is 2.45 bits per heavy atom. The maximum atomic E-state index is 13.4. The number of nitrogens with zero attached hydrogens (tertiary/aromatic N) is 2. The Kier molecular flexibility index (Phi) is 4.66. The van der Waals surface area contributed by atoms with E-state index in [2.05, 4.69) is 4.90 Å². The molecule has 0 saturated carbocycles. The zero-order chi connectivity index (χ0) is 21.8. The molecule has 8 heteroatoms. The molecule has 1 spiro atoms. The monoisotopic (exact) mass is 432 g/mol. The van der Waals surface area contributed by atoms with E-state index in [9.17, 15) is 18.0 Å². The molecular weight excluding hydrogens is 409 g/mol. The van der Waals surface area contributed by atoms with Crippen molar-refractivity contribution in [3.05, 3.63) is 53.6 Å². The van der Waals surface area contributed by atoms with Crippen LogP contribution in [0.15, 0.2) is 42.5 Å². The van der Waals surface area contributed by atoms with Crippen molar-refractivity contribution in [2.24, 2.45) is 5.92 Å². The van der Waals surface area contributed by atoms with Crippen LogP contribution in [0.2, 0.25) is 0 Å². The standard InChI is InChI=1S/C23H23F3N2O3/c24-23(25,26)16-4-5-20-19(10-16)22(6-8-31-9-7-22)14-28(20)18-3-1-2-17(11-18)27-12-15(13-27)21(29)30/h1-5,10-11,15H,6-9,12-14H2,(H,29,30). The molecule has 0 aliphatic carbocycles. The Bertz CT molecular complexity index is 1010. The summed E-state index contributed by atoms with van der Waals surface area (Å²) in [5.41, 5.74) is 2.39. The van der Waals surface area contributed by atoms with Crippen molar-refractivity contribution in [1.82, 2.24) is 0 Å². The minimum absolute atomic E-state index is 0.359. The largest absolute Gasteiger partial charge is 0.481 e. The lowest BCUT2D eigenvalue weighted by atomic mass is 9.75. The van der Waals surface area contributed by atoms with E-state index in [-0.39, 0.29) is 11.3 Å². The van der Waals surface area contributed by atoms with Crippen LogP contribution >= 0.6 is 0 Å². The first-order chi connectivity index (χ1) is 14.8. The molecule has 0 amide bonds. The molecule has 164 valence electrons. The van der Waals surface area contributed by atoms with Crippen LogP contribution in [0, 0.1) is 5.92 Å². The summed E-state index contributed by atoms with van der Waals surface area (Å²) < 4.78 is 45.8. The van der Waals surface area contributed by atoms with Crippen molar-refractivity contribution >= 4 is 23.0 Å². The second-order valence-electron chi connectivity index (χ2n) is 8.67. The molecule has 0 unspecified atom stereocenters. The average Bonchev–Trinajstić information content (AvgIpc) is 3.00. The number of carboxylic acid groups (broad SMARTS) is 1. The van der Waals surface area contributed by atoms with Crippen LogP contribution in [-0.2, 0) is 21.1 Å². The number of anilines is 3. The van der Waals surface area contributed by atoms with Crippen LogP contribution < -0.4 is 9.80 Å². The Balaban J connectivity index is 1.50. The average molecular weight is 432 g/mol. The first kappa shape index (κ1) is 20.2. The highest BCUT2D eigenvalue weighted by atomic mass is 19.4. The molecule has 2 aromatic carbocycles. The lowest BCUT2D eigenvalue weighted by molar-refractivity contribution is -0.142. The Hall–Kier alpha value is -2.74. The molecule has 1 N–H and O–H groups in total. The van der Waals surface area contributed by atoms with Gasteiger partial charge in [-0.2, -0.15) is 13.2 Å². The lowest BCUT2D eigenvalue weighted by Gasteiger charge is -2.39. The minimum Gasteiger partial charge on any atom is -0.481 e. The van der Waals surface area contributed by atoms with E-state index in [0.717, 1.165) is 28.7 Å². The summed E-state index contributed by atoms with van der Waals surface area (Å²) in [6.07, 6.45) is -3.01. The first-order valence-electron chi connectivity index (χ1n) is 10.4. The molecule has 3 heterocycles. The second kappa shape index (κ2) is 7.15. The van der Waals surface area contributed by atoms with Gasteiger partial charge in [0.1, 0.15) is 0 Å². The van der Waals surface area contributed by atoms with Crippen LogP contribution in [-0.4, -0.2) is 43.9 Å². The number of carboxylic acids is 1. The zero-order valence-electron chi connectivity index (χ0n) is 16.9. The number of benzene rings is 2. The zero-order valence-corrected chi connectivity index (χ0v) is 16.9. The molecule has 3 aliphatic heterocycles. The Morgan fingerprint density at radius 2 is 1.77 bits per heavy atom. The van der Waals surface area contributed by atoms with Crippen molar-refractivity contribution in [2.75, 3.05) is 42.6 Å². The number of aliphatic carboxylic acids is 1. The van der Waals surface area contributed by atoms with Gasteiger partial charge in [-0.05, 0) is 54.8 Å². The Morgan fingerprint density at radius 1 is 1.06 bits per heavy atom. The van der Waals surface area contributed by atoms with Crippen molar-refractivity contribution in [3.8, 4) is 0 Å². The summed E-state index contributed by atoms with van der Waals surface area (Å²) in [5.74, 6) is -1.15. The number of alkyl halides is 3. The second-order valence-corrected chi connectivity index (χ2v) is 8.67. The minimum atomic E-state index is -4.38. The summed E-state index contributed by atoms with van der Waals surface area (Å²) in [6, 6.07) is 11.9. The van der Waals surface area contributed by atoms with Gasteiger partial charge in [-0.25, -0.2) is 0 Å². The number of ether oxygens (including phenoxy) is 1. The van der Waals surface area contributed by atoms with Gasteiger partial charge in [-0.15, -0.1) is 0 Å². The van der Waals surface area contributed by atoms with Gasteiger partial charge in [0.25, 0.3) is 0 Å². The molecule has 0 bridgehead atoms. The van der Waals surface area contributed by atoms with Gasteiger partial charge in [-0.3, -0.25) is 4.79 Å². The Labute approximate surface area is 178 Å². The number of hydrogen-bond donors (Lipinski definition) is 1. The fourth-order valence-corrected chi connectivity index (χ4v) is 4.97. The fourth-order valence-electron chi connectivity index (χ4n) is 4.97. The number of rotatable bonds is 3. The fraction of sp³-hybridized carbons (Fsp3) is 0.435. The highest BCUT2D eigenvalue weighted by molar-refractivity contribution is 5.77. The predicted octanol–water partition coefficient (Wildman–Crippen LogP) is 4.43. The van der Waals surface area contributed by atoms with Gasteiger partial charge in [0.2, 0.25) is 0 Å². The lowest BCUT2D eigenvalue weighted by Crippen LogP contribution is -2.50. The summed E-state index contributed by atoms with van der Waals surface area (Å²) in [4.78, 5) is 15.2. The molecule has 2 aromatic rings. The third-order valence-electron chi connectivity index (χ3n) is 6.83. The van der Waals surface area contributed by atoms with E-state index < -0.39 is 17.7 Å². The van der Waals surface area contributed by atoms with Crippen LogP contribution in [0.25, 0.3) is 0 Å². The first-order valence-corrected chi connectivity index (χ1v) is 10.4. The molecule has 2 fully saturated rings. The highest BCUT2D eigenvalue weighted by Crippen LogP contribution is 2.51. The number of halogens is 3. The van der Waals surface area contributed by atoms with E-state index in [4.69, 9.17) is 9.84 Å². The van der Waals surface area contributed by atoms with E-state index in [1.54, 1.807) is 6.07 Å². The summed E-state index contributed by atoms with van der Waals surface area (Å²) in [6.45, 7) is 2.60. The normalized spacial score (nSPS) is 20.6. The van der Waals surface area contributed by atoms with Gasteiger partial charge in [-0.1, -0.05) is 6.07 Å². The van der Waals surface area contributed by atoms with Gasteiger partial charge in [0.15, 0.2) is 0 Å². The predicted molar refractivity (Wildman–Crippen MR) is 110 cm³/mol. The van der Waals surface area contributed by atoms with E-state index in [0.29, 0.717) is 45.7 Å². The summed E-state index contributed by atoms with van der Waals surface area (Å²) in [5, 5.41) is 9.13. The molecular formula is C23H23F3N2O3. The van der Waals surface area contributed by atoms with E-state index in [1.807, 2.05) is 29.2 Å². The molecule has 2 saturated heterocycles. The topological polar surface area (TPSA) is 53.0 Å².